The van der Waals surface area contributed by atoms with Crippen LogP contribution in [0.15, 0.2) is 0 Å². The molecule has 0 spiro atoms. The molecule has 1 saturated heterocycles. The Bertz CT molecular complexity index is 134. The molecule has 1 rings (SSSR count). The first-order chi connectivity index (χ1) is 6.27. The molecule has 1 heterocycles. The van der Waals surface area contributed by atoms with Gasteiger partial charge in [-0.2, -0.15) is 11.8 Å². The van der Waals surface area contributed by atoms with Crippen molar-refractivity contribution in [3.8, 4) is 0 Å². The van der Waals surface area contributed by atoms with Crippen molar-refractivity contribution in [3.63, 3.8) is 0 Å². The van der Waals surface area contributed by atoms with Crippen LogP contribution in [0.2, 0.25) is 0 Å². The minimum atomic E-state index is 0.742. The van der Waals surface area contributed by atoms with Gasteiger partial charge in [-0.25, -0.2) is 0 Å². The molecule has 0 aromatic heterocycles. The van der Waals surface area contributed by atoms with Gasteiger partial charge in [0.05, 0.1) is 0 Å². The van der Waals surface area contributed by atoms with E-state index in [9.17, 15) is 0 Å². The van der Waals surface area contributed by atoms with E-state index in [2.05, 4.69) is 37.8 Å². The fraction of sp³-hybridized carbons (Fsp3) is 1.00. The summed E-state index contributed by atoms with van der Waals surface area (Å²) in [6.45, 7) is 6.92. The molecule has 1 nitrogen and oxygen atoms in total. The average molecular weight is 201 g/mol. The fourth-order valence-corrected chi connectivity index (χ4v) is 3.12. The average Bonchev–Trinajstić information content (AvgIpc) is 2.17. The van der Waals surface area contributed by atoms with Crippen molar-refractivity contribution in [2.24, 2.45) is 0 Å². The zero-order valence-electron chi connectivity index (χ0n) is 9.18. The van der Waals surface area contributed by atoms with E-state index in [1.165, 1.54) is 31.4 Å². The third kappa shape index (κ3) is 3.51. The van der Waals surface area contributed by atoms with Gasteiger partial charge in [0.25, 0.3) is 0 Å². The molecule has 78 valence electrons. The maximum atomic E-state index is 3.78. The monoisotopic (exact) mass is 201 g/mol. The Morgan fingerprint density at radius 1 is 1.38 bits per heavy atom. The van der Waals surface area contributed by atoms with Crippen molar-refractivity contribution in [3.05, 3.63) is 0 Å². The maximum Gasteiger partial charge on any atom is 0.0186 e. The first-order valence-corrected chi connectivity index (χ1v) is 6.70. The predicted octanol–water partition coefficient (Wildman–Crippen LogP) is 3.05. The summed E-state index contributed by atoms with van der Waals surface area (Å²) in [6, 6.07) is 1.51. The van der Waals surface area contributed by atoms with E-state index in [0.29, 0.717) is 0 Å². The maximum absolute atomic E-state index is 3.78. The number of rotatable bonds is 4. The van der Waals surface area contributed by atoms with Crippen LogP contribution in [0, 0.1) is 0 Å². The Balaban J connectivity index is 2.32. The van der Waals surface area contributed by atoms with Gasteiger partial charge in [0, 0.05) is 17.3 Å². The highest BCUT2D eigenvalue weighted by Crippen LogP contribution is 2.25. The Morgan fingerprint density at radius 2 is 2.08 bits per heavy atom. The van der Waals surface area contributed by atoms with Crippen molar-refractivity contribution in [1.82, 2.24) is 5.32 Å². The summed E-state index contributed by atoms with van der Waals surface area (Å²) in [5.41, 5.74) is 0. The molecular formula is C11H23NS. The van der Waals surface area contributed by atoms with E-state index >= 15 is 0 Å². The molecule has 2 atom stereocenters. The number of thioether (sulfide) groups is 1. The first-order valence-electron chi connectivity index (χ1n) is 5.65. The summed E-state index contributed by atoms with van der Waals surface area (Å²) in [6.07, 6.45) is 5.31. The molecule has 13 heavy (non-hydrogen) atoms. The molecule has 0 bridgehead atoms. The topological polar surface area (TPSA) is 12.0 Å². The minimum Gasteiger partial charge on any atom is -0.310 e. The van der Waals surface area contributed by atoms with Crippen molar-refractivity contribution in [2.45, 2.75) is 63.8 Å². The van der Waals surface area contributed by atoms with Crippen LogP contribution >= 0.6 is 11.8 Å². The Morgan fingerprint density at radius 3 is 2.62 bits per heavy atom. The van der Waals surface area contributed by atoms with Crippen molar-refractivity contribution >= 4 is 11.8 Å². The molecule has 0 saturated carbocycles. The van der Waals surface area contributed by atoms with Crippen molar-refractivity contribution in [2.75, 3.05) is 5.75 Å². The van der Waals surface area contributed by atoms with Crippen LogP contribution in [-0.4, -0.2) is 23.1 Å². The van der Waals surface area contributed by atoms with Gasteiger partial charge in [-0.1, -0.05) is 20.8 Å². The van der Waals surface area contributed by atoms with Gasteiger partial charge in [-0.05, 0) is 31.4 Å². The highest BCUT2D eigenvalue weighted by molar-refractivity contribution is 7.99. The van der Waals surface area contributed by atoms with E-state index in [0.717, 1.165) is 17.3 Å². The van der Waals surface area contributed by atoms with Crippen LogP contribution in [0.25, 0.3) is 0 Å². The fourth-order valence-electron chi connectivity index (χ4n) is 1.97. The first kappa shape index (κ1) is 11.4. The van der Waals surface area contributed by atoms with E-state index in [4.69, 9.17) is 0 Å². The van der Waals surface area contributed by atoms with Crippen LogP contribution < -0.4 is 5.32 Å². The van der Waals surface area contributed by atoms with Gasteiger partial charge in [-0.3, -0.25) is 0 Å². The van der Waals surface area contributed by atoms with E-state index in [-0.39, 0.29) is 0 Å². The van der Waals surface area contributed by atoms with Gasteiger partial charge in [0.2, 0.25) is 0 Å². The highest BCUT2D eigenvalue weighted by atomic mass is 32.2. The summed E-state index contributed by atoms with van der Waals surface area (Å²) in [7, 11) is 0. The van der Waals surface area contributed by atoms with Crippen LogP contribution in [-0.2, 0) is 0 Å². The number of hydrogen-bond donors (Lipinski definition) is 1. The lowest BCUT2D eigenvalue weighted by Gasteiger charge is -2.32. The molecule has 0 aromatic rings. The van der Waals surface area contributed by atoms with Crippen molar-refractivity contribution in [1.29, 1.82) is 0 Å². The van der Waals surface area contributed by atoms with Crippen LogP contribution in [0.1, 0.15) is 46.5 Å². The van der Waals surface area contributed by atoms with Gasteiger partial charge in [-0.15, -0.1) is 0 Å². The second-order valence-electron chi connectivity index (χ2n) is 4.00. The zero-order valence-corrected chi connectivity index (χ0v) is 9.99. The quantitative estimate of drug-likeness (QED) is 0.750. The lowest BCUT2D eigenvalue weighted by molar-refractivity contribution is 0.381. The van der Waals surface area contributed by atoms with Gasteiger partial charge in [0.1, 0.15) is 0 Å². The highest BCUT2D eigenvalue weighted by Gasteiger charge is 2.22. The molecule has 1 fully saturated rings. The standard InChI is InChI=1S/C11H23NS/c1-4-10(5-2)12-11-7-6-8-13-9(11)3/h9-12H,4-8H2,1-3H3. The van der Waals surface area contributed by atoms with E-state index in [1.54, 1.807) is 0 Å². The Hall–Kier alpha value is 0.310. The number of hydrogen-bond acceptors (Lipinski definition) is 2. The zero-order chi connectivity index (χ0) is 9.68. The van der Waals surface area contributed by atoms with Gasteiger partial charge in [0.15, 0.2) is 0 Å². The molecule has 1 aliphatic rings. The largest absolute Gasteiger partial charge is 0.310 e. The molecule has 0 amide bonds. The summed E-state index contributed by atoms with van der Waals surface area (Å²) in [4.78, 5) is 0. The summed E-state index contributed by atoms with van der Waals surface area (Å²) < 4.78 is 0. The molecule has 0 aliphatic carbocycles. The molecule has 1 N–H and O–H groups in total. The molecule has 1 aliphatic heterocycles. The third-order valence-corrected chi connectivity index (χ3v) is 4.42. The van der Waals surface area contributed by atoms with Crippen LogP contribution in [0.4, 0.5) is 0 Å². The molecule has 2 heteroatoms. The lowest BCUT2D eigenvalue weighted by atomic mass is 10.0. The van der Waals surface area contributed by atoms with Crippen LogP contribution in [0.3, 0.4) is 0 Å². The molecule has 0 aromatic carbocycles. The second kappa shape index (κ2) is 5.92. The lowest BCUT2D eigenvalue weighted by Crippen LogP contribution is -2.44. The summed E-state index contributed by atoms with van der Waals surface area (Å²) >= 11 is 2.13. The number of nitrogens with one attached hydrogen (secondary N) is 1. The van der Waals surface area contributed by atoms with Crippen molar-refractivity contribution < 1.29 is 0 Å². The molecule has 0 radical (unpaired) electrons. The second-order valence-corrected chi connectivity index (χ2v) is 5.49. The van der Waals surface area contributed by atoms with Gasteiger partial charge >= 0.3 is 0 Å². The predicted molar refractivity (Wildman–Crippen MR) is 62.4 cm³/mol. The smallest absolute Gasteiger partial charge is 0.0186 e. The normalized spacial score (nSPS) is 29.5. The van der Waals surface area contributed by atoms with E-state index < -0.39 is 0 Å². The molecular weight excluding hydrogens is 178 g/mol. The third-order valence-electron chi connectivity index (χ3n) is 3.04. The SMILES string of the molecule is CCC(CC)NC1CCCSC1C. The minimum absolute atomic E-state index is 0.742. The summed E-state index contributed by atoms with van der Waals surface area (Å²) in [5.74, 6) is 1.36. The van der Waals surface area contributed by atoms with Crippen LogP contribution in [0.5, 0.6) is 0 Å². The van der Waals surface area contributed by atoms with Gasteiger partial charge < -0.3 is 5.32 Å². The van der Waals surface area contributed by atoms with E-state index in [1.807, 2.05) is 0 Å². The molecule has 2 unspecified atom stereocenters. The summed E-state index contributed by atoms with van der Waals surface area (Å²) in [5, 5.41) is 4.60. The Labute approximate surface area is 87.1 Å². The Kier molecular flexibility index (Phi) is 5.18.